The summed E-state index contributed by atoms with van der Waals surface area (Å²) in [7, 11) is 0. The Balaban J connectivity index is 2.11. The van der Waals surface area contributed by atoms with Crippen molar-refractivity contribution >= 4 is 32.4 Å². The molecule has 4 heteroatoms. The average molecular weight is 275 g/mol. The largest absolute Gasteiger partial charge is 0.345 e. The lowest BCUT2D eigenvalue weighted by atomic mass is 9.94. The molecule has 2 heterocycles. The minimum atomic E-state index is 0.636. The predicted octanol–water partition coefficient (Wildman–Crippen LogP) is 3.53. The monoisotopic (exact) mass is 274 g/mol. The zero-order valence-corrected chi connectivity index (χ0v) is 10.9. The zero-order valence-electron chi connectivity index (χ0n) is 8.53. The number of nitrogens with zero attached hydrogens (tertiary/aromatic N) is 2. The van der Waals surface area contributed by atoms with E-state index in [1.165, 1.54) is 12.8 Å². The summed E-state index contributed by atoms with van der Waals surface area (Å²) < 4.78 is 0.961. The van der Waals surface area contributed by atoms with Crippen LogP contribution in [0, 0.1) is 5.92 Å². The molecule has 0 amide bonds. The van der Waals surface area contributed by atoms with Crippen LogP contribution in [0.1, 0.15) is 26.7 Å². The van der Waals surface area contributed by atoms with E-state index in [2.05, 4.69) is 45.0 Å². The number of piperidine rings is 1. The maximum Gasteiger partial charge on any atom is 0.186 e. The molecule has 0 radical (unpaired) electrons. The van der Waals surface area contributed by atoms with Crippen LogP contribution in [-0.4, -0.2) is 17.6 Å². The van der Waals surface area contributed by atoms with E-state index in [0.29, 0.717) is 6.04 Å². The number of hydrogen-bond donors (Lipinski definition) is 0. The van der Waals surface area contributed by atoms with Crippen LogP contribution in [0.15, 0.2) is 9.98 Å². The van der Waals surface area contributed by atoms with Gasteiger partial charge in [0.15, 0.2) is 5.13 Å². The Morgan fingerprint density at radius 3 is 2.93 bits per heavy atom. The summed E-state index contributed by atoms with van der Waals surface area (Å²) in [4.78, 5) is 6.90. The van der Waals surface area contributed by atoms with Crippen molar-refractivity contribution in [2.75, 3.05) is 11.4 Å². The smallest absolute Gasteiger partial charge is 0.186 e. The molecule has 2 unspecified atom stereocenters. The van der Waals surface area contributed by atoms with Crippen LogP contribution in [0.5, 0.6) is 0 Å². The van der Waals surface area contributed by atoms with Crippen molar-refractivity contribution < 1.29 is 0 Å². The van der Waals surface area contributed by atoms with E-state index in [1.807, 2.05) is 0 Å². The summed E-state index contributed by atoms with van der Waals surface area (Å²) in [6, 6.07) is 0.636. The second-order valence-electron chi connectivity index (χ2n) is 4.12. The van der Waals surface area contributed by atoms with E-state index in [4.69, 9.17) is 0 Å². The second kappa shape index (κ2) is 4.19. The molecule has 0 bridgehead atoms. The molecular weight excluding hydrogens is 260 g/mol. The Morgan fingerprint density at radius 1 is 1.57 bits per heavy atom. The molecule has 0 saturated carbocycles. The summed E-state index contributed by atoms with van der Waals surface area (Å²) in [5.41, 5.74) is 0. The molecule has 2 rings (SSSR count). The van der Waals surface area contributed by atoms with Gasteiger partial charge in [0.25, 0.3) is 0 Å². The number of aromatic nitrogens is 1. The minimum absolute atomic E-state index is 0.636. The van der Waals surface area contributed by atoms with Crippen molar-refractivity contribution in [2.24, 2.45) is 5.92 Å². The molecule has 14 heavy (non-hydrogen) atoms. The first-order valence-electron chi connectivity index (χ1n) is 5.04. The Kier molecular flexibility index (Phi) is 3.12. The second-order valence-corrected chi connectivity index (χ2v) is 5.77. The summed E-state index contributed by atoms with van der Waals surface area (Å²) >= 11 is 5.13. The quantitative estimate of drug-likeness (QED) is 0.779. The molecule has 0 N–H and O–H groups in total. The molecule has 0 aliphatic carbocycles. The van der Waals surface area contributed by atoms with E-state index in [0.717, 1.165) is 22.2 Å². The molecule has 1 aliphatic rings. The standard InChI is InChI=1S/C10H15BrN2S/c1-7-3-4-13(8(2)5-7)10-12-9(11)6-14-10/h6-8H,3-5H2,1-2H3. The van der Waals surface area contributed by atoms with Gasteiger partial charge in [-0.1, -0.05) is 6.92 Å². The van der Waals surface area contributed by atoms with Gasteiger partial charge in [0, 0.05) is 18.0 Å². The van der Waals surface area contributed by atoms with Gasteiger partial charge in [-0.05, 0) is 41.6 Å². The third kappa shape index (κ3) is 2.11. The summed E-state index contributed by atoms with van der Waals surface area (Å²) in [5.74, 6) is 0.865. The number of thiazole rings is 1. The minimum Gasteiger partial charge on any atom is -0.345 e. The Bertz CT molecular complexity index is 313. The van der Waals surface area contributed by atoms with E-state index >= 15 is 0 Å². The van der Waals surface area contributed by atoms with Crippen LogP contribution in [-0.2, 0) is 0 Å². The van der Waals surface area contributed by atoms with Crippen molar-refractivity contribution in [2.45, 2.75) is 32.7 Å². The first kappa shape index (κ1) is 10.4. The lowest BCUT2D eigenvalue weighted by Crippen LogP contribution is -2.40. The third-order valence-electron chi connectivity index (χ3n) is 2.85. The Labute approximate surface area is 97.5 Å². The predicted molar refractivity (Wildman–Crippen MR) is 65.0 cm³/mol. The highest BCUT2D eigenvalue weighted by molar-refractivity contribution is 9.10. The fourth-order valence-corrected chi connectivity index (χ4v) is 3.45. The molecule has 1 fully saturated rings. The fourth-order valence-electron chi connectivity index (χ4n) is 2.07. The van der Waals surface area contributed by atoms with E-state index < -0.39 is 0 Å². The number of anilines is 1. The van der Waals surface area contributed by atoms with Crippen molar-refractivity contribution in [1.82, 2.24) is 4.98 Å². The van der Waals surface area contributed by atoms with Crippen LogP contribution in [0.4, 0.5) is 5.13 Å². The molecule has 1 aromatic heterocycles. The van der Waals surface area contributed by atoms with Crippen LogP contribution >= 0.6 is 27.3 Å². The van der Waals surface area contributed by atoms with Crippen LogP contribution in [0.2, 0.25) is 0 Å². The fraction of sp³-hybridized carbons (Fsp3) is 0.700. The number of hydrogen-bond acceptors (Lipinski definition) is 3. The molecule has 0 aromatic carbocycles. The van der Waals surface area contributed by atoms with Crippen molar-refractivity contribution in [3.63, 3.8) is 0 Å². The molecule has 2 nitrogen and oxygen atoms in total. The van der Waals surface area contributed by atoms with Crippen molar-refractivity contribution in [3.05, 3.63) is 9.98 Å². The van der Waals surface area contributed by atoms with Gasteiger partial charge in [-0.3, -0.25) is 0 Å². The molecule has 1 aromatic rings. The lowest BCUT2D eigenvalue weighted by molar-refractivity contribution is 0.377. The summed E-state index contributed by atoms with van der Waals surface area (Å²) in [6.07, 6.45) is 2.58. The average Bonchev–Trinajstić information content (AvgIpc) is 2.51. The van der Waals surface area contributed by atoms with Gasteiger partial charge in [-0.25, -0.2) is 4.98 Å². The van der Waals surface area contributed by atoms with Crippen molar-refractivity contribution in [1.29, 1.82) is 0 Å². The molecule has 2 atom stereocenters. The molecule has 1 aliphatic heterocycles. The SMILES string of the molecule is CC1CCN(c2nc(Br)cs2)C(C)C1. The van der Waals surface area contributed by atoms with Crippen LogP contribution < -0.4 is 4.90 Å². The first-order chi connectivity index (χ1) is 6.66. The Morgan fingerprint density at radius 2 is 2.36 bits per heavy atom. The highest BCUT2D eigenvalue weighted by Crippen LogP contribution is 2.31. The zero-order chi connectivity index (χ0) is 10.1. The summed E-state index contributed by atoms with van der Waals surface area (Å²) in [6.45, 7) is 5.79. The van der Waals surface area contributed by atoms with E-state index in [1.54, 1.807) is 11.3 Å². The van der Waals surface area contributed by atoms with E-state index in [-0.39, 0.29) is 0 Å². The van der Waals surface area contributed by atoms with E-state index in [9.17, 15) is 0 Å². The van der Waals surface area contributed by atoms with Crippen LogP contribution in [0.3, 0.4) is 0 Å². The molecular formula is C10H15BrN2S. The lowest BCUT2D eigenvalue weighted by Gasteiger charge is -2.36. The normalized spacial score (nSPS) is 28.1. The number of halogens is 1. The Hall–Kier alpha value is -0.0900. The van der Waals surface area contributed by atoms with Gasteiger partial charge in [-0.2, -0.15) is 0 Å². The highest BCUT2D eigenvalue weighted by atomic mass is 79.9. The summed E-state index contributed by atoms with van der Waals surface area (Å²) in [5, 5.41) is 3.22. The molecule has 0 spiro atoms. The van der Waals surface area contributed by atoms with Gasteiger partial charge in [0.1, 0.15) is 4.60 Å². The molecule has 78 valence electrons. The van der Waals surface area contributed by atoms with Gasteiger partial charge < -0.3 is 4.90 Å². The topological polar surface area (TPSA) is 16.1 Å². The molecule has 1 saturated heterocycles. The first-order valence-corrected chi connectivity index (χ1v) is 6.71. The van der Waals surface area contributed by atoms with Gasteiger partial charge in [0.2, 0.25) is 0 Å². The highest BCUT2D eigenvalue weighted by Gasteiger charge is 2.24. The van der Waals surface area contributed by atoms with Gasteiger partial charge in [-0.15, -0.1) is 11.3 Å². The number of rotatable bonds is 1. The van der Waals surface area contributed by atoms with Crippen LogP contribution in [0.25, 0.3) is 0 Å². The van der Waals surface area contributed by atoms with Gasteiger partial charge in [0.05, 0.1) is 0 Å². The maximum atomic E-state index is 4.47. The maximum absolute atomic E-state index is 4.47. The van der Waals surface area contributed by atoms with Gasteiger partial charge >= 0.3 is 0 Å². The third-order valence-corrected chi connectivity index (χ3v) is 4.44. The van der Waals surface area contributed by atoms with Crippen molar-refractivity contribution in [3.8, 4) is 0 Å².